The summed E-state index contributed by atoms with van der Waals surface area (Å²) in [4.78, 5) is 26.4. The normalized spacial score (nSPS) is 23.4. The number of amides is 2. The Hall–Kier alpha value is -1.85. The van der Waals surface area contributed by atoms with Crippen molar-refractivity contribution in [2.24, 2.45) is 13.0 Å². The van der Waals surface area contributed by atoms with E-state index in [4.69, 9.17) is 0 Å². The van der Waals surface area contributed by atoms with Gasteiger partial charge in [0.1, 0.15) is 12.1 Å². The zero-order chi connectivity index (χ0) is 14.9. The zero-order valence-corrected chi connectivity index (χ0v) is 12.5. The number of aromatic nitrogens is 2. The van der Waals surface area contributed by atoms with Crippen LogP contribution in [0.5, 0.6) is 0 Å². The van der Waals surface area contributed by atoms with Crippen molar-refractivity contribution in [1.82, 2.24) is 20.0 Å². The summed E-state index contributed by atoms with van der Waals surface area (Å²) in [5, 5.41) is 7.13. The second-order valence-electron chi connectivity index (χ2n) is 5.60. The van der Waals surface area contributed by atoms with Crippen LogP contribution in [0.3, 0.4) is 0 Å². The third-order valence-corrected chi connectivity index (χ3v) is 3.68. The van der Waals surface area contributed by atoms with Crippen LogP contribution in [0.15, 0.2) is 12.3 Å². The highest BCUT2D eigenvalue weighted by atomic mass is 16.2. The quantitative estimate of drug-likeness (QED) is 0.881. The van der Waals surface area contributed by atoms with Gasteiger partial charge in [-0.1, -0.05) is 20.8 Å². The van der Waals surface area contributed by atoms with Gasteiger partial charge in [0.2, 0.25) is 11.8 Å². The zero-order valence-electron chi connectivity index (χ0n) is 12.5. The molecule has 20 heavy (non-hydrogen) atoms. The Labute approximate surface area is 119 Å². The van der Waals surface area contributed by atoms with Crippen molar-refractivity contribution in [3.8, 4) is 0 Å². The molecule has 2 heterocycles. The summed E-state index contributed by atoms with van der Waals surface area (Å²) in [5.41, 5.74) is 0.802. The number of hydrogen-bond donors (Lipinski definition) is 1. The molecule has 0 aliphatic carbocycles. The Morgan fingerprint density at radius 2 is 2.10 bits per heavy atom. The third kappa shape index (κ3) is 2.69. The first-order chi connectivity index (χ1) is 9.43. The number of rotatable bonds is 4. The van der Waals surface area contributed by atoms with Crippen molar-refractivity contribution in [2.45, 2.75) is 45.8 Å². The molecule has 6 nitrogen and oxygen atoms in total. The molecule has 2 rings (SSSR count). The molecule has 2 unspecified atom stereocenters. The van der Waals surface area contributed by atoms with Crippen LogP contribution in [-0.4, -0.2) is 38.6 Å². The predicted molar refractivity (Wildman–Crippen MR) is 74.6 cm³/mol. The molecule has 1 aliphatic rings. The first-order valence-electron chi connectivity index (χ1n) is 7.03. The third-order valence-electron chi connectivity index (χ3n) is 3.68. The van der Waals surface area contributed by atoms with Crippen molar-refractivity contribution in [2.75, 3.05) is 0 Å². The van der Waals surface area contributed by atoms with Gasteiger partial charge in [0.15, 0.2) is 0 Å². The van der Waals surface area contributed by atoms with Gasteiger partial charge < -0.3 is 10.2 Å². The highest BCUT2D eigenvalue weighted by Gasteiger charge is 2.40. The molecule has 110 valence electrons. The van der Waals surface area contributed by atoms with Gasteiger partial charge in [-0.2, -0.15) is 5.10 Å². The number of carbonyl (C=O) groups is 2. The van der Waals surface area contributed by atoms with Crippen molar-refractivity contribution in [3.05, 3.63) is 18.0 Å². The summed E-state index contributed by atoms with van der Waals surface area (Å²) < 4.78 is 1.70. The van der Waals surface area contributed by atoms with E-state index in [0.29, 0.717) is 13.0 Å². The lowest BCUT2D eigenvalue weighted by Crippen LogP contribution is -2.64. The number of nitrogens with one attached hydrogen (secondary N) is 1. The van der Waals surface area contributed by atoms with Gasteiger partial charge in [0, 0.05) is 13.2 Å². The van der Waals surface area contributed by atoms with Gasteiger partial charge in [-0.25, -0.2) is 0 Å². The predicted octanol–water partition coefficient (Wildman–Crippen LogP) is 0.682. The van der Waals surface area contributed by atoms with Gasteiger partial charge in [-0.3, -0.25) is 14.3 Å². The van der Waals surface area contributed by atoms with Crippen LogP contribution in [0.1, 0.15) is 32.9 Å². The molecule has 1 aliphatic heterocycles. The fraction of sp³-hybridized carbons (Fsp3) is 0.643. The second kappa shape index (κ2) is 5.64. The SMILES string of the molecule is CCC1C(=O)NC(C(C)C)C(=O)N1Cc1ccn(C)n1. The highest BCUT2D eigenvalue weighted by molar-refractivity contribution is 5.97. The molecular weight excluding hydrogens is 256 g/mol. The summed E-state index contributed by atoms with van der Waals surface area (Å²) in [6.45, 7) is 6.18. The Balaban J connectivity index is 2.24. The average molecular weight is 278 g/mol. The monoisotopic (exact) mass is 278 g/mol. The van der Waals surface area contributed by atoms with E-state index in [9.17, 15) is 9.59 Å². The topological polar surface area (TPSA) is 67.2 Å². The number of nitrogens with zero attached hydrogens (tertiary/aromatic N) is 3. The summed E-state index contributed by atoms with van der Waals surface area (Å²) >= 11 is 0. The minimum absolute atomic E-state index is 0.0166. The minimum atomic E-state index is -0.436. The molecule has 0 spiro atoms. The van der Waals surface area contributed by atoms with Crippen molar-refractivity contribution >= 4 is 11.8 Å². The number of piperazine rings is 1. The van der Waals surface area contributed by atoms with E-state index in [1.807, 2.05) is 40.1 Å². The molecule has 1 saturated heterocycles. The van der Waals surface area contributed by atoms with E-state index in [1.54, 1.807) is 9.58 Å². The van der Waals surface area contributed by atoms with Crippen molar-refractivity contribution in [3.63, 3.8) is 0 Å². The van der Waals surface area contributed by atoms with Gasteiger partial charge >= 0.3 is 0 Å². The summed E-state index contributed by atoms with van der Waals surface area (Å²) in [6.07, 6.45) is 2.44. The largest absolute Gasteiger partial charge is 0.342 e. The average Bonchev–Trinajstić information content (AvgIpc) is 2.79. The highest BCUT2D eigenvalue weighted by Crippen LogP contribution is 2.19. The molecule has 1 N–H and O–H groups in total. The van der Waals surface area contributed by atoms with Crippen molar-refractivity contribution in [1.29, 1.82) is 0 Å². The first-order valence-corrected chi connectivity index (χ1v) is 7.03. The summed E-state index contributed by atoms with van der Waals surface area (Å²) in [7, 11) is 1.84. The van der Waals surface area contributed by atoms with E-state index in [0.717, 1.165) is 5.69 Å². The Kier molecular flexibility index (Phi) is 4.11. The van der Waals surface area contributed by atoms with E-state index in [2.05, 4.69) is 10.4 Å². The van der Waals surface area contributed by atoms with Crippen molar-refractivity contribution < 1.29 is 9.59 Å². The maximum Gasteiger partial charge on any atom is 0.246 e. The first kappa shape index (κ1) is 14.6. The Morgan fingerprint density at radius 3 is 2.60 bits per heavy atom. The molecular formula is C14H22N4O2. The lowest BCUT2D eigenvalue weighted by atomic mass is 9.97. The molecule has 1 fully saturated rings. The van der Waals surface area contributed by atoms with Crippen LogP contribution in [-0.2, 0) is 23.2 Å². The van der Waals surface area contributed by atoms with Gasteiger partial charge in [-0.05, 0) is 18.4 Å². The number of hydrogen-bond acceptors (Lipinski definition) is 3. The molecule has 0 radical (unpaired) electrons. The van der Waals surface area contributed by atoms with Crippen LogP contribution in [0.2, 0.25) is 0 Å². The number of carbonyl (C=O) groups excluding carboxylic acids is 2. The fourth-order valence-electron chi connectivity index (χ4n) is 2.55. The van der Waals surface area contributed by atoms with Gasteiger partial charge in [0.05, 0.1) is 12.2 Å². The second-order valence-corrected chi connectivity index (χ2v) is 5.60. The smallest absolute Gasteiger partial charge is 0.246 e. The van der Waals surface area contributed by atoms with Crippen LogP contribution < -0.4 is 5.32 Å². The lowest BCUT2D eigenvalue weighted by molar-refractivity contribution is -0.151. The molecule has 2 atom stereocenters. The molecule has 1 aromatic rings. The summed E-state index contributed by atoms with van der Waals surface area (Å²) in [5.74, 6) is -0.00526. The standard InChI is InChI=1S/C14H22N4O2/c1-5-11-13(19)15-12(9(2)3)14(20)18(11)8-10-6-7-17(4)16-10/h6-7,9,11-12H,5,8H2,1-4H3,(H,15,19). The lowest BCUT2D eigenvalue weighted by Gasteiger charge is -2.39. The molecule has 2 amide bonds. The molecule has 6 heteroatoms. The van der Waals surface area contributed by atoms with E-state index in [-0.39, 0.29) is 17.7 Å². The maximum atomic E-state index is 12.6. The van der Waals surface area contributed by atoms with Crippen LogP contribution in [0.4, 0.5) is 0 Å². The summed E-state index contributed by atoms with van der Waals surface area (Å²) in [6, 6.07) is 1.03. The van der Waals surface area contributed by atoms with Crippen LogP contribution in [0, 0.1) is 5.92 Å². The Bertz CT molecular complexity index is 509. The van der Waals surface area contributed by atoms with Gasteiger partial charge in [-0.15, -0.1) is 0 Å². The molecule has 1 aromatic heterocycles. The van der Waals surface area contributed by atoms with E-state index in [1.165, 1.54) is 0 Å². The van der Waals surface area contributed by atoms with Crippen LogP contribution in [0.25, 0.3) is 0 Å². The van der Waals surface area contributed by atoms with E-state index < -0.39 is 12.1 Å². The van der Waals surface area contributed by atoms with Crippen LogP contribution >= 0.6 is 0 Å². The van der Waals surface area contributed by atoms with E-state index >= 15 is 0 Å². The molecule has 0 aromatic carbocycles. The molecule has 0 saturated carbocycles. The minimum Gasteiger partial charge on any atom is -0.342 e. The fourth-order valence-corrected chi connectivity index (χ4v) is 2.55. The van der Waals surface area contributed by atoms with Gasteiger partial charge in [0.25, 0.3) is 0 Å². The molecule has 0 bridgehead atoms. The number of aryl methyl sites for hydroxylation is 1. The Morgan fingerprint density at radius 1 is 1.40 bits per heavy atom. The maximum absolute atomic E-state index is 12.6.